The van der Waals surface area contributed by atoms with Gasteiger partial charge in [0.05, 0.1) is 17.1 Å². The molecule has 2 atom stereocenters. The topological polar surface area (TPSA) is 107 Å². The summed E-state index contributed by atoms with van der Waals surface area (Å²) in [6.07, 6.45) is -1.77. The standard InChI is InChI=1S/C13H18N2O5S/c1-9(16)14-10-2-4-11(5-3-10)21(19,20)15-7-6-12(17)13(18)8-15/h2-5,12-13,17-18H,6-8H2,1H3,(H,14,16)/t12-,13-/m0/s1. The van der Waals surface area contributed by atoms with Gasteiger partial charge < -0.3 is 15.5 Å². The molecule has 1 heterocycles. The summed E-state index contributed by atoms with van der Waals surface area (Å²) in [4.78, 5) is 11.0. The van der Waals surface area contributed by atoms with Crippen LogP contribution in [0.2, 0.25) is 0 Å². The highest BCUT2D eigenvalue weighted by molar-refractivity contribution is 7.89. The maximum atomic E-state index is 12.4. The van der Waals surface area contributed by atoms with E-state index in [0.717, 1.165) is 4.31 Å². The molecule has 1 aromatic carbocycles. The van der Waals surface area contributed by atoms with E-state index in [1.807, 2.05) is 0 Å². The van der Waals surface area contributed by atoms with E-state index in [2.05, 4.69) is 5.32 Å². The van der Waals surface area contributed by atoms with Gasteiger partial charge in [-0.25, -0.2) is 8.42 Å². The van der Waals surface area contributed by atoms with Crippen molar-refractivity contribution in [2.75, 3.05) is 18.4 Å². The lowest BCUT2D eigenvalue weighted by Gasteiger charge is -2.32. The van der Waals surface area contributed by atoms with Gasteiger partial charge in [-0.3, -0.25) is 4.79 Å². The van der Waals surface area contributed by atoms with Crippen molar-refractivity contribution in [3.63, 3.8) is 0 Å². The molecule has 7 nitrogen and oxygen atoms in total. The van der Waals surface area contributed by atoms with Gasteiger partial charge in [-0.15, -0.1) is 0 Å². The fourth-order valence-corrected chi connectivity index (χ4v) is 3.64. The van der Waals surface area contributed by atoms with Gasteiger partial charge in [0.25, 0.3) is 0 Å². The largest absolute Gasteiger partial charge is 0.390 e. The number of nitrogens with one attached hydrogen (secondary N) is 1. The molecule has 0 aromatic heterocycles. The fraction of sp³-hybridized carbons (Fsp3) is 0.462. The van der Waals surface area contributed by atoms with Crippen molar-refractivity contribution in [2.45, 2.75) is 30.4 Å². The quantitative estimate of drug-likeness (QED) is 0.714. The number of β-amino-alcohol motifs (C(OH)–C–C–N with tert-alkyl or cyclic N) is 1. The highest BCUT2D eigenvalue weighted by Crippen LogP contribution is 2.22. The van der Waals surface area contributed by atoms with Gasteiger partial charge in [0, 0.05) is 25.7 Å². The zero-order valence-electron chi connectivity index (χ0n) is 11.6. The van der Waals surface area contributed by atoms with Crippen LogP contribution < -0.4 is 5.32 Å². The van der Waals surface area contributed by atoms with E-state index in [4.69, 9.17) is 0 Å². The summed E-state index contributed by atoms with van der Waals surface area (Å²) >= 11 is 0. The average Bonchev–Trinajstić information content (AvgIpc) is 2.41. The number of piperidine rings is 1. The van der Waals surface area contributed by atoms with E-state index in [1.54, 1.807) is 0 Å². The maximum Gasteiger partial charge on any atom is 0.243 e. The summed E-state index contributed by atoms with van der Waals surface area (Å²) in [6.45, 7) is 1.40. The number of hydrogen-bond donors (Lipinski definition) is 3. The van der Waals surface area contributed by atoms with Gasteiger partial charge in [-0.05, 0) is 30.7 Å². The van der Waals surface area contributed by atoms with E-state index >= 15 is 0 Å². The number of anilines is 1. The Bertz CT molecular complexity index is 614. The molecule has 0 bridgehead atoms. The van der Waals surface area contributed by atoms with Crippen LogP contribution in [0.15, 0.2) is 29.2 Å². The normalized spacial score (nSPS) is 23.8. The number of carbonyl (C=O) groups is 1. The van der Waals surface area contributed by atoms with Crippen LogP contribution in [-0.2, 0) is 14.8 Å². The van der Waals surface area contributed by atoms with Crippen molar-refractivity contribution in [1.29, 1.82) is 0 Å². The Balaban J connectivity index is 2.18. The zero-order chi connectivity index (χ0) is 15.6. The molecule has 0 unspecified atom stereocenters. The Morgan fingerprint density at radius 1 is 1.24 bits per heavy atom. The minimum absolute atomic E-state index is 0.0835. The summed E-state index contributed by atoms with van der Waals surface area (Å²) in [5.74, 6) is -0.237. The summed E-state index contributed by atoms with van der Waals surface area (Å²) in [7, 11) is -3.71. The average molecular weight is 314 g/mol. The molecular weight excluding hydrogens is 296 g/mol. The predicted molar refractivity (Wildman–Crippen MR) is 76.1 cm³/mol. The number of hydrogen-bond acceptors (Lipinski definition) is 5. The van der Waals surface area contributed by atoms with Gasteiger partial charge in [0.15, 0.2) is 0 Å². The zero-order valence-corrected chi connectivity index (χ0v) is 12.4. The molecule has 1 aliphatic heterocycles. The van der Waals surface area contributed by atoms with Crippen LogP contribution in [0, 0.1) is 0 Å². The SMILES string of the molecule is CC(=O)Nc1ccc(S(=O)(=O)N2CC[C@H](O)[C@@H](O)C2)cc1. The summed E-state index contributed by atoms with van der Waals surface area (Å²) in [5, 5.41) is 21.6. The molecule has 1 amide bonds. The Kier molecular flexibility index (Phi) is 4.62. The van der Waals surface area contributed by atoms with E-state index in [1.165, 1.54) is 31.2 Å². The van der Waals surface area contributed by atoms with Gasteiger partial charge in [0.2, 0.25) is 15.9 Å². The van der Waals surface area contributed by atoms with E-state index < -0.39 is 22.2 Å². The second-order valence-corrected chi connectivity index (χ2v) is 6.93. The molecule has 0 saturated carbocycles. The smallest absolute Gasteiger partial charge is 0.243 e. The van der Waals surface area contributed by atoms with E-state index in [-0.39, 0.29) is 30.3 Å². The van der Waals surface area contributed by atoms with Crippen LogP contribution in [0.3, 0.4) is 0 Å². The monoisotopic (exact) mass is 314 g/mol. The van der Waals surface area contributed by atoms with Gasteiger partial charge >= 0.3 is 0 Å². The van der Waals surface area contributed by atoms with Crippen LogP contribution in [-0.4, -0.2) is 54.1 Å². The predicted octanol–water partition coefficient (Wildman–Crippen LogP) is -0.239. The Morgan fingerprint density at radius 2 is 1.86 bits per heavy atom. The summed E-state index contributed by atoms with van der Waals surface area (Å²) in [5.41, 5.74) is 0.510. The number of nitrogens with zero attached hydrogens (tertiary/aromatic N) is 1. The number of aliphatic hydroxyl groups is 2. The highest BCUT2D eigenvalue weighted by atomic mass is 32.2. The third kappa shape index (κ3) is 3.59. The highest BCUT2D eigenvalue weighted by Gasteiger charge is 2.33. The maximum absolute atomic E-state index is 12.4. The van der Waals surface area contributed by atoms with Crippen molar-refractivity contribution >= 4 is 21.6 Å². The van der Waals surface area contributed by atoms with Gasteiger partial charge in [-0.1, -0.05) is 0 Å². The van der Waals surface area contributed by atoms with Crippen LogP contribution >= 0.6 is 0 Å². The number of sulfonamides is 1. The molecule has 1 aromatic rings. The first kappa shape index (κ1) is 15.9. The minimum atomic E-state index is -3.71. The van der Waals surface area contributed by atoms with Crippen LogP contribution in [0.4, 0.5) is 5.69 Å². The lowest BCUT2D eigenvalue weighted by atomic mass is 10.1. The summed E-state index contributed by atoms with van der Waals surface area (Å²) in [6, 6.07) is 5.81. The minimum Gasteiger partial charge on any atom is -0.390 e. The second kappa shape index (κ2) is 6.10. The van der Waals surface area contributed by atoms with E-state index in [9.17, 15) is 23.4 Å². The Labute approximate surface area is 123 Å². The number of rotatable bonds is 3. The van der Waals surface area contributed by atoms with Crippen molar-refractivity contribution < 1.29 is 23.4 Å². The molecule has 1 aliphatic rings. The molecule has 0 radical (unpaired) electrons. The molecule has 0 aliphatic carbocycles. The lowest BCUT2D eigenvalue weighted by molar-refractivity contribution is -0.114. The molecule has 0 spiro atoms. The van der Waals surface area contributed by atoms with Crippen LogP contribution in [0.1, 0.15) is 13.3 Å². The number of aliphatic hydroxyl groups excluding tert-OH is 2. The van der Waals surface area contributed by atoms with Crippen LogP contribution in [0.25, 0.3) is 0 Å². The first-order chi connectivity index (χ1) is 9.80. The number of benzene rings is 1. The molecule has 2 rings (SSSR count). The first-order valence-corrected chi connectivity index (χ1v) is 7.98. The third-order valence-electron chi connectivity index (χ3n) is 3.32. The fourth-order valence-electron chi connectivity index (χ4n) is 2.17. The third-order valence-corrected chi connectivity index (χ3v) is 5.20. The molecule has 116 valence electrons. The summed E-state index contributed by atoms with van der Waals surface area (Å²) < 4.78 is 26.0. The van der Waals surface area contributed by atoms with E-state index in [0.29, 0.717) is 5.69 Å². The van der Waals surface area contributed by atoms with Gasteiger partial charge in [0.1, 0.15) is 0 Å². The number of amides is 1. The van der Waals surface area contributed by atoms with Crippen molar-refractivity contribution in [2.24, 2.45) is 0 Å². The van der Waals surface area contributed by atoms with Crippen molar-refractivity contribution in [1.82, 2.24) is 4.31 Å². The Morgan fingerprint density at radius 3 is 2.38 bits per heavy atom. The number of carbonyl (C=O) groups excluding carboxylic acids is 1. The molecule has 21 heavy (non-hydrogen) atoms. The molecular formula is C13H18N2O5S. The van der Waals surface area contributed by atoms with Crippen molar-refractivity contribution in [3.8, 4) is 0 Å². The van der Waals surface area contributed by atoms with Crippen molar-refractivity contribution in [3.05, 3.63) is 24.3 Å². The molecule has 1 saturated heterocycles. The first-order valence-electron chi connectivity index (χ1n) is 6.54. The molecule has 3 N–H and O–H groups in total. The molecule has 8 heteroatoms. The van der Waals surface area contributed by atoms with Crippen LogP contribution in [0.5, 0.6) is 0 Å². The lowest BCUT2D eigenvalue weighted by Crippen LogP contribution is -2.48. The Hall–Kier alpha value is -1.48. The second-order valence-electron chi connectivity index (χ2n) is 4.99. The van der Waals surface area contributed by atoms with Gasteiger partial charge in [-0.2, -0.15) is 4.31 Å². The molecule has 1 fully saturated rings.